The largest absolute Gasteiger partial charge is 0.494 e. The van der Waals surface area contributed by atoms with Gasteiger partial charge in [0.05, 0.1) is 6.61 Å². The normalized spacial score (nSPS) is 15.9. The van der Waals surface area contributed by atoms with Crippen molar-refractivity contribution in [2.75, 3.05) is 6.61 Å². The number of rotatable bonds is 5. The zero-order valence-corrected chi connectivity index (χ0v) is 13.0. The Kier molecular flexibility index (Phi) is 6.02. The number of ether oxygens (including phenoxy) is 1. The van der Waals surface area contributed by atoms with Crippen LogP contribution in [0.15, 0.2) is 29.8 Å². The highest BCUT2D eigenvalue weighted by Crippen LogP contribution is 2.18. The fourth-order valence-corrected chi connectivity index (χ4v) is 2.65. The molecule has 0 heterocycles. The summed E-state index contributed by atoms with van der Waals surface area (Å²) in [6.45, 7) is 2.54. The number of hydrogen-bond donors (Lipinski definition) is 1. The Morgan fingerprint density at radius 2 is 2.00 bits per heavy atom. The van der Waals surface area contributed by atoms with Crippen molar-refractivity contribution < 1.29 is 9.53 Å². The average Bonchev–Trinajstić information content (AvgIpc) is 2.55. The molecule has 1 aliphatic carbocycles. The van der Waals surface area contributed by atoms with Gasteiger partial charge in [-0.15, -0.1) is 0 Å². The molecule has 0 saturated heterocycles. The number of carbonyl (C=O) groups is 1. The van der Waals surface area contributed by atoms with E-state index in [9.17, 15) is 10.1 Å². The quantitative estimate of drug-likeness (QED) is 0.669. The molecule has 22 heavy (non-hydrogen) atoms. The molecule has 1 amide bonds. The Balaban J connectivity index is 2.02. The van der Waals surface area contributed by atoms with Gasteiger partial charge < -0.3 is 10.1 Å². The zero-order chi connectivity index (χ0) is 15.8. The van der Waals surface area contributed by atoms with E-state index in [4.69, 9.17) is 4.74 Å². The molecule has 1 N–H and O–H groups in total. The van der Waals surface area contributed by atoms with E-state index in [0.29, 0.717) is 6.61 Å². The summed E-state index contributed by atoms with van der Waals surface area (Å²) in [6, 6.07) is 9.56. The smallest absolute Gasteiger partial charge is 0.262 e. The number of nitrogens with one attached hydrogen (secondary N) is 1. The molecule has 0 radical (unpaired) electrons. The third-order valence-electron chi connectivity index (χ3n) is 3.81. The Bertz CT molecular complexity index is 564. The van der Waals surface area contributed by atoms with E-state index in [1.54, 1.807) is 6.08 Å². The minimum atomic E-state index is -0.275. The second-order valence-corrected chi connectivity index (χ2v) is 5.48. The number of amides is 1. The Labute approximate surface area is 131 Å². The van der Waals surface area contributed by atoms with Crippen molar-refractivity contribution in [1.82, 2.24) is 5.32 Å². The van der Waals surface area contributed by atoms with Crippen LogP contribution in [0.25, 0.3) is 6.08 Å². The first-order chi connectivity index (χ1) is 10.7. The molecule has 1 aromatic carbocycles. The van der Waals surface area contributed by atoms with Crippen LogP contribution in [-0.4, -0.2) is 18.6 Å². The molecule has 1 fully saturated rings. The van der Waals surface area contributed by atoms with Crippen LogP contribution >= 0.6 is 0 Å². The Morgan fingerprint density at radius 1 is 1.32 bits per heavy atom. The maximum atomic E-state index is 12.2. The van der Waals surface area contributed by atoms with Gasteiger partial charge in [-0.3, -0.25) is 4.79 Å². The van der Waals surface area contributed by atoms with Crippen molar-refractivity contribution in [2.24, 2.45) is 0 Å². The predicted octanol–water partition coefficient (Wildman–Crippen LogP) is 3.44. The van der Waals surface area contributed by atoms with E-state index in [1.165, 1.54) is 6.42 Å². The zero-order valence-electron chi connectivity index (χ0n) is 13.0. The lowest BCUT2D eigenvalue weighted by Gasteiger charge is -2.22. The summed E-state index contributed by atoms with van der Waals surface area (Å²) in [5.74, 6) is 0.507. The molecule has 0 spiro atoms. The number of nitriles is 1. The summed E-state index contributed by atoms with van der Waals surface area (Å²) < 4.78 is 5.38. The fourth-order valence-electron chi connectivity index (χ4n) is 2.65. The second kappa shape index (κ2) is 8.23. The molecule has 4 heteroatoms. The summed E-state index contributed by atoms with van der Waals surface area (Å²) in [7, 11) is 0. The Hall–Kier alpha value is -2.28. The van der Waals surface area contributed by atoms with Gasteiger partial charge >= 0.3 is 0 Å². The summed E-state index contributed by atoms with van der Waals surface area (Å²) in [5.41, 5.74) is 0.966. The molecule has 0 aliphatic heterocycles. The highest BCUT2D eigenvalue weighted by molar-refractivity contribution is 6.01. The molecule has 0 aromatic heterocycles. The predicted molar refractivity (Wildman–Crippen MR) is 86.2 cm³/mol. The van der Waals surface area contributed by atoms with Crippen LogP contribution in [0.5, 0.6) is 5.75 Å². The second-order valence-electron chi connectivity index (χ2n) is 5.48. The third-order valence-corrected chi connectivity index (χ3v) is 3.81. The van der Waals surface area contributed by atoms with Gasteiger partial charge in [0.15, 0.2) is 0 Å². The standard InChI is InChI=1S/C18H22N2O2/c1-2-22-17-10-8-14(9-11-17)12-15(13-19)18(21)20-16-6-4-3-5-7-16/h8-12,16H,2-7H2,1H3,(H,20,21)/b15-12-. The van der Waals surface area contributed by atoms with E-state index in [0.717, 1.165) is 37.0 Å². The van der Waals surface area contributed by atoms with Crippen molar-refractivity contribution in [1.29, 1.82) is 5.26 Å². The van der Waals surface area contributed by atoms with E-state index >= 15 is 0 Å². The van der Waals surface area contributed by atoms with Crippen LogP contribution in [0.1, 0.15) is 44.6 Å². The molecule has 1 saturated carbocycles. The molecule has 116 valence electrons. The SMILES string of the molecule is CCOc1ccc(/C=C(/C#N)C(=O)NC2CCCCC2)cc1. The lowest BCUT2D eigenvalue weighted by atomic mass is 9.95. The number of nitrogens with zero attached hydrogens (tertiary/aromatic N) is 1. The van der Waals surface area contributed by atoms with Crippen LogP contribution < -0.4 is 10.1 Å². The lowest BCUT2D eigenvalue weighted by molar-refractivity contribution is -0.117. The van der Waals surface area contributed by atoms with Gasteiger partial charge in [-0.05, 0) is 43.5 Å². The third kappa shape index (κ3) is 4.63. The summed E-state index contributed by atoms with van der Waals surface area (Å²) in [5, 5.41) is 12.2. The van der Waals surface area contributed by atoms with Crippen LogP contribution in [0.2, 0.25) is 0 Å². The minimum Gasteiger partial charge on any atom is -0.494 e. The summed E-state index contributed by atoms with van der Waals surface area (Å²) in [4.78, 5) is 12.2. The molecular formula is C18H22N2O2. The first-order valence-electron chi connectivity index (χ1n) is 7.88. The van der Waals surface area contributed by atoms with Crippen molar-refractivity contribution in [2.45, 2.75) is 45.1 Å². The summed E-state index contributed by atoms with van der Waals surface area (Å²) in [6.07, 6.45) is 7.17. The monoisotopic (exact) mass is 298 g/mol. The van der Waals surface area contributed by atoms with Crippen LogP contribution in [0.3, 0.4) is 0 Å². The fraction of sp³-hybridized carbons (Fsp3) is 0.444. The summed E-state index contributed by atoms with van der Waals surface area (Å²) >= 11 is 0. The van der Waals surface area contributed by atoms with Crippen molar-refractivity contribution in [3.05, 3.63) is 35.4 Å². The molecule has 0 atom stereocenters. The Morgan fingerprint density at radius 3 is 2.59 bits per heavy atom. The maximum absolute atomic E-state index is 12.2. The van der Waals surface area contributed by atoms with Gasteiger partial charge in [-0.25, -0.2) is 0 Å². The molecule has 0 unspecified atom stereocenters. The van der Waals surface area contributed by atoms with Crippen molar-refractivity contribution >= 4 is 12.0 Å². The molecule has 1 aliphatic rings. The van der Waals surface area contributed by atoms with Crippen molar-refractivity contribution in [3.8, 4) is 11.8 Å². The number of hydrogen-bond acceptors (Lipinski definition) is 3. The average molecular weight is 298 g/mol. The molecule has 4 nitrogen and oxygen atoms in total. The number of benzene rings is 1. The topological polar surface area (TPSA) is 62.1 Å². The van der Waals surface area contributed by atoms with Gasteiger partial charge in [0.25, 0.3) is 5.91 Å². The van der Waals surface area contributed by atoms with Gasteiger partial charge in [-0.1, -0.05) is 31.4 Å². The lowest BCUT2D eigenvalue weighted by Crippen LogP contribution is -2.36. The van der Waals surface area contributed by atoms with E-state index in [-0.39, 0.29) is 17.5 Å². The highest BCUT2D eigenvalue weighted by atomic mass is 16.5. The van der Waals surface area contributed by atoms with Crippen LogP contribution in [0.4, 0.5) is 0 Å². The van der Waals surface area contributed by atoms with E-state index in [1.807, 2.05) is 37.3 Å². The molecule has 2 rings (SSSR count). The van der Waals surface area contributed by atoms with Gasteiger partial charge in [0, 0.05) is 6.04 Å². The van der Waals surface area contributed by atoms with E-state index in [2.05, 4.69) is 5.32 Å². The van der Waals surface area contributed by atoms with Gasteiger partial charge in [0.2, 0.25) is 0 Å². The van der Waals surface area contributed by atoms with Gasteiger partial charge in [-0.2, -0.15) is 5.26 Å². The van der Waals surface area contributed by atoms with Crippen LogP contribution in [0, 0.1) is 11.3 Å². The van der Waals surface area contributed by atoms with Crippen molar-refractivity contribution in [3.63, 3.8) is 0 Å². The minimum absolute atomic E-state index is 0.148. The highest BCUT2D eigenvalue weighted by Gasteiger charge is 2.17. The maximum Gasteiger partial charge on any atom is 0.262 e. The first kappa shape index (κ1) is 16.1. The molecular weight excluding hydrogens is 276 g/mol. The van der Waals surface area contributed by atoms with Gasteiger partial charge in [0.1, 0.15) is 17.4 Å². The molecule has 0 bridgehead atoms. The van der Waals surface area contributed by atoms with Crippen LogP contribution in [-0.2, 0) is 4.79 Å². The number of carbonyl (C=O) groups excluding carboxylic acids is 1. The first-order valence-corrected chi connectivity index (χ1v) is 7.88. The van der Waals surface area contributed by atoms with E-state index < -0.39 is 0 Å². The molecule has 1 aromatic rings.